The Labute approximate surface area is 228 Å². The molecule has 0 spiro atoms. The van der Waals surface area contributed by atoms with Crippen molar-refractivity contribution < 1.29 is 38.1 Å². The summed E-state index contributed by atoms with van der Waals surface area (Å²) in [6.07, 6.45) is 1.39. The van der Waals surface area contributed by atoms with Gasteiger partial charge in [0, 0.05) is 44.1 Å². The Morgan fingerprint density at radius 1 is 0.872 bits per heavy atom. The summed E-state index contributed by atoms with van der Waals surface area (Å²) in [5, 5.41) is 5.78. The van der Waals surface area contributed by atoms with E-state index in [-0.39, 0.29) is 30.2 Å². The van der Waals surface area contributed by atoms with Gasteiger partial charge in [-0.05, 0) is 36.6 Å². The minimum Gasteiger partial charge on any atom is -0.497 e. The monoisotopic (exact) mass is 543 g/mol. The van der Waals surface area contributed by atoms with Crippen LogP contribution in [0.5, 0.6) is 28.7 Å². The second-order valence-electron chi connectivity index (χ2n) is 9.12. The van der Waals surface area contributed by atoms with Gasteiger partial charge in [-0.15, -0.1) is 0 Å². The van der Waals surface area contributed by atoms with E-state index in [2.05, 4.69) is 10.6 Å². The van der Waals surface area contributed by atoms with Crippen LogP contribution in [-0.2, 0) is 16.0 Å². The van der Waals surface area contributed by atoms with Gasteiger partial charge in [0.15, 0.2) is 11.5 Å². The van der Waals surface area contributed by atoms with E-state index in [0.717, 1.165) is 5.56 Å². The van der Waals surface area contributed by atoms with E-state index in [0.29, 0.717) is 60.2 Å². The molecule has 0 aliphatic carbocycles. The van der Waals surface area contributed by atoms with Crippen molar-refractivity contribution in [1.82, 2.24) is 15.5 Å². The summed E-state index contributed by atoms with van der Waals surface area (Å²) >= 11 is 0. The Balaban J connectivity index is 1.65. The molecule has 0 radical (unpaired) electrons. The van der Waals surface area contributed by atoms with Gasteiger partial charge in [0.25, 0.3) is 5.91 Å². The fourth-order valence-electron chi connectivity index (χ4n) is 4.61. The Bertz CT molecular complexity index is 1150. The second-order valence-corrected chi connectivity index (χ2v) is 9.12. The largest absolute Gasteiger partial charge is 0.497 e. The molecule has 11 nitrogen and oxygen atoms in total. The van der Waals surface area contributed by atoms with Crippen LogP contribution in [0.2, 0.25) is 0 Å². The number of benzene rings is 2. The third kappa shape index (κ3) is 7.24. The van der Waals surface area contributed by atoms with Crippen molar-refractivity contribution >= 4 is 17.7 Å². The maximum atomic E-state index is 13.2. The number of hydrogen-bond acceptors (Lipinski definition) is 8. The number of nitrogens with one attached hydrogen (secondary N) is 2. The molecule has 0 saturated carbocycles. The van der Waals surface area contributed by atoms with E-state index in [1.54, 1.807) is 43.4 Å². The smallest absolute Gasteiger partial charge is 0.254 e. The zero-order valence-corrected chi connectivity index (χ0v) is 23.3. The van der Waals surface area contributed by atoms with Crippen molar-refractivity contribution in [1.29, 1.82) is 0 Å². The lowest BCUT2D eigenvalue weighted by Gasteiger charge is -2.33. The van der Waals surface area contributed by atoms with Crippen LogP contribution in [0, 0.1) is 0 Å². The van der Waals surface area contributed by atoms with E-state index in [1.165, 1.54) is 28.3 Å². The first-order valence-corrected chi connectivity index (χ1v) is 12.6. The fourth-order valence-corrected chi connectivity index (χ4v) is 4.61. The molecule has 1 aliphatic rings. The first kappa shape index (κ1) is 29.4. The summed E-state index contributed by atoms with van der Waals surface area (Å²) in [6.45, 7) is 2.29. The van der Waals surface area contributed by atoms with Crippen molar-refractivity contribution in [2.45, 2.75) is 38.3 Å². The molecule has 1 heterocycles. The maximum Gasteiger partial charge on any atom is 0.254 e. The van der Waals surface area contributed by atoms with Gasteiger partial charge in [-0.1, -0.05) is 6.07 Å². The Hall–Kier alpha value is -4.15. The molecular formula is C28H37N3O8. The highest BCUT2D eigenvalue weighted by molar-refractivity contribution is 5.95. The fraction of sp³-hybridized carbons (Fsp3) is 0.464. The number of nitrogens with zero attached hydrogens (tertiary/aromatic N) is 1. The van der Waals surface area contributed by atoms with Gasteiger partial charge in [0.1, 0.15) is 17.5 Å². The highest BCUT2D eigenvalue weighted by Crippen LogP contribution is 2.38. The molecule has 3 amide bonds. The van der Waals surface area contributed by atoms with E-state index in [1.807, 2.05) is 6.07 Å². The SMILES string of the molecule is COc1ccc(CC(NC(C)=O)C(=O)NC2CCN(C(=O)c3cc(OC)c(OC)c(OC)c3)CC2)c(OC)c1. The number of rotatable bonds is 11. The normalized spacial score (nSPS) is 14.2. The van der Waals surface area contributed by atoms with Crippen LogP contribution in [0.25, 0.3) is 0 Å². The highest BCUT2D eigenvalue weighted by Gasteiger charge is 2.29. The van der Waals surface area contributed by atoms with Crippen LogP contribution >= 0.6 is 0 Å². The Morgan fingerprint density at radius 2 is 1.49 bits per heavy atom. The summed E-state index contributed by atoms with van der Waals surface area (Å²) < 4.78 is 26.8. The highest BCUT2D eigenvalue weighted by atomic mass is 16.5. The Kier molecular flexibility index (Phi) is 10.2. The van der Waals surface area contributed by atoms with Crippen LogP contribution in [0.3, 0.4) is 0 Å². The van der Waals surface area contributed by atoms with E-state index >= 15 is 0 Å². The molecule has 3 rings (SSSR count). The lowest BCUT2D eigenvalue weighted by atomic mass is 10.0. The zero-order chi connectivity index (χ0) is 28.5. The number of methoxy groups -OCH3 is 5. The molecule has 0 bridgehead atoms. The van der Waals surface area contributed by atoms with Crippen LogP contribution in [0.1, 0.15) is 35.7 Å². The lowest BCUT2D eigenvalue weighted by molar-refractivity contribution is -0.128. The standard InChI is InChI=1S/C28H37N3O8/c1-17(32)29-22(13-18-7-8-21(35-2)16-23(18)36-3)27(33)30-20-9-11-31(12-10-20)28(34)19-14-24(37-4)26(39-6)25(15-19)38-5/h7-8,14-16,20,22H,9-13H2,1-6H3,(H,29,32)(H,30,33). The van der Waals surface area contributed by atoms with Gasteiger partial charge in [-0.2, -0.15) is 0 Å². The van der Waals surface area contributed by atoms with Crippen molar-refractivity contribution in [3.05, 3.63) is 41.5 Å². The minimum absolute atomic E-state index is 0.143. The molecule has 11 heteroatoms. The molecule has 39 heavy (non-hydrogen) atoms. The third-order valence-electron chi connectivity index (χ3n) is 6.65. The van der Waals surface area contributed by atoms with Crippen LogP contribution in [0.15, 0.2) is 30.3 Å². The molecule has 1 unspecified atom stereocenters. The molecule has 212 valence electrons. The number of amides is 3. The van der Waals surface area contributed by atoms with Crippen molar-refractivity contribution in [2.75, 3.05) is 48.6 Å². The van der Waals surface area contributed by atoms with E-state index in [9.17, 15) is 14.4 Å². The summed E-state index contributed by atoms with van der Waals surface area (Å²) in [6, 6.07) is 7.65. The van der Waals surface area contributed by atoms with Crippen LogP contribution in [0.4, 0.5) is 0 Å². The molecule has 2 aromatic carbocycles. The number of ether oxygens (including phenoxy) is 5. The first-order valence-electron chi connectivity index (χ1n) is 12.6. The number of hydrogen-bond donors (Lipinski definition) is 2. The van der Waals surface area contributed by atoms with Crippen LogP contribution in [-0.4, -0.2) is 83.3 Å². The zero-order valence-electron chi connectivity index (χ0n) is 23.3. The number of likely N-dealkylation sites (tertiary alicyclic amines) is 1. The lowest BCUT2D eigenvalue weighted by Crippen LogP contribution is -2.53. The molecule has 1 atom stereocenters. The second kappa shape index (κ2) is 13.6. The number of piperidine rings is 1. The van der Waals surface area contributed by atoms with Gasteiger partial charge in [-0.25, -0.2) is 0 Å². The third-order valence-corrected chi connectivity index (χ3v) is 6.65. The molecule has 1 fully saturated rings. The van der Waals surface area contributed by atoms with Gasteiger partial charge in [0.05, 0.1) is 35.5 Å². The number of carbonyl (C=O) groups excluding carboxylic acids is 3. The van der Waals surface area contributed by atoms with Crippen LogP contribution < -0.4 is 34.3 Å². The average molecular weight is 544 g/mol. The molecule has 2 aromatic rings. The predicted octanol–water partition coefficient (Wildman–Crippen LogP) is 2.20. The topological polar surface area (TPSA) is 125 Å². The summed E-state index contributed by atoms with van der Waals surface area (Å²) in [7, 11) is 7.60. The Morgan fingerprint density at radius 3 is 2.00 bits per heavy atom. The summed E-state index contributed by atoms with van der Waals surface area (Å²) in [4.78, 5) is 40.0. The number of carbonyl (C=O) groups is 3. The van der Waals surface area contributed by atoms with Crippen molar-refractivity contribution in [3.63, 3.8) is 0 Å². The summed E-state index contributed by atoms with van der Waals surface area (Å²) in [5.41, 5.74) is 1.18. The van der Waals surface area contributed by atoms with Gasteiger partial charge >= 0.3 is 0 Å². The molecule has 1 aliphatic heterocycles. The maximum absolute atomic E-state index is 13.2. The quantitative estimate of drug-likeness (QED) is 0.442. The molecule has 1 saturated heterocycles. The molecule has 2 N–H and O–H groups in total. The van der Waals surface area contributed by atoms with E-state index in [4.69, 9.17) is 23.7 Å². The van der Waals surface area contributed by atoms with Gasteiger partial charge in [-0.3, -0.25) is 14.4 Å². The average Bonchev–Trinajstić information content (AvgIpc) is 2.95. The van der Waals surface area contributed by atoms with E-state index < -0.39 is 6.04 Å². The van der Waals surface area contributed by atoms with Gasteiger partial charge in [0.2, 0.25) is 17.6 Å². The van der Waals surface area contributed by atoms with Crippen molar-refractivity contribution in [2.24, 2.45) is 0 Å². The predicted molar refractivity (Wildman–Crippen MR) is 144 cm³/mol. The minimum atomic E-state index is -0.788. The molecular weight excluding hydrogens is 506 g/mol. The first-order chi connectivity index (χ1) is 18.7. The summed E-state index contributed by atoms with van der Waals surface area (Å²) in [5.74, 6) is 1.64. The van der Waals surface area contributed by atoms with Gasteiger partial charge < -0.3 is 39.2 Å². The molecule has 0 aromatic heterocycles. The van der Waals surface area contributed by atoms with Crippen molar-refractivity contribution in [3.8, 4) is 28.7 Å².